The van der Waals surface area contributed by atoms with Gasteiger partial charge in [-0.3, -0.25) is 5.10 Å². The molecule has 1 fully saturated rings. The number of H-pyrrole nitrogens is 1. The lowest BCUT2D eigenvalue weighted by Gasteiger charge is -2.32. The minimum Gasteiger partial charge on any atom is -0.340 e. The number of nitrogens with zero attached hydrogens (tertiary/aromatic N) is 4. The van der Waals surface area contributed by atoms with Crippen molar-refractivity contribution in [3.05, 3.63) is 60.4 Å². The number of anilines is 1. The first-order valence-corrected chi connectivity index (χ1v) is 8.12. The average molecular weight is 323 g/mol. The van der Waals surface area contributed by atoms with Gasteiger partial charge < -0.3 is 4.90 Å². The monoisotopic (exact) mass is 323 g/mol. The molecule has 1 N–H and O–H groups in total. The summed E-state index contributed by atoms with van der Waals surface area (Å²) >= 11 is 0. The third-order valence-electron chi connectivity index (χ3n) is 4.49. The number of benzene rings is 1. The molecule has 1 atom stereocenters. The molecule has 24 heavy (non-hydrogen) atoms. The summed E-state index contributed by atoms with van der Waals surface area (Å²) in [7, 11) is 0. The summed E-state index contributed by atoms with van der Waals surface area (Å²) in [6, 6.07) is 8.38. The molecular formula is C18H18FN5. The van der Waals surface area contributed by atoms with Gasteiger partial charge in [0.25, 0.3) is 0 Å². The zero-order valence-corrected chi connectivity index (χ0v) is 13.2. The number of rotatable bonds is 3. The molecule has 122 valence electrons. The third-order valence-corrected chi connectivity index (χ3v) is 4.49. The number of aromatic amines is 1. The molecule has 3 aromatic rings. The lowest BCUT2D eigenvalue weighted by molar-refractivity contribution is 0.495. The van der Waals surface area contributed by atoms with Crippen molar-refractivity contribution in [1.29, 1.82) is 0 Å². The number of aromatic nitrogens is 4. The summed E-state index contributed by atoms with van der Waals surface area (Å²) in [5, 5.41) is 7.37. The molecule has 0 bridgehead atoms. The second-order valence-corrected chi connectivity index (χ2v) is 6.04. The molecular weight excluding hydrogens is 305 g/mol. The zero-order chi connectivity index (χ0) is 16.4. The Hall–Kier alpha value is -2.76. The predicted octanol–water partition coefficient (Wildman–Crippen LogP) is 3.39. The number of piperidine rings is 1. The van der Waals surface area contributed by atoms with E-state index >= 15 is 0 Å². The summed E-state index contributed by atoms with van der Waals surface area (Å²) in [5.41, 5.74) is 3.12. The van der Waals surface area contributed by atoms with Crippen LogP contribution in [-0.2, 0) is 0 Å². The minimum absolute atomic E-state index is 0.228. The fourth-order valence-corrected chi connectivity index (χ4v) is 3.32. The molecule has 6 heteroatoms. The average Bonchev–Trinajstić information content (AvgIpc) is 3.13. The van der Waals surface area contributed by atoms with Gasteiger partial charge in [0.1, 0.15) is 5.82 Å². The molecule has 0 saturated carbocycles. The van der Waals surface area contributed by atoms with Crippen LogP contribution in [0.3, 0.4) is 0 Å². The maximum absolute atomic E-state index is 13.2. The van der Waals surface area contributed by atoms with Crippen LogP contribution in [0.1, 0.15) is 24.5 Å². The normalized spacial score (nSPS) is 17.9. The molecule has 1 unspecified atom stereocenters. The predicted molar refractivity (Wildman–Crippen MR) is 90.2 cm³/mol. The van der Waals surface area contributed by atoms with Crippen LogP contribution in [-0.4, -0.2) is 33.3 Å². The van der Waals surface area contributed by atoms with E-state index in [0.717, 1.165) is 48.7 Å². The van der Waals surface area contributed by atoms with Gasteiger partial charge in [-0.15, -0.1) is 0 Å². The molecule has 3 heterocycles. The molecule has 0 radical (unpaired) electrons. The molecule has 1 aromatic carbocycles. The largest absolute Gasteiger partial charge is 0.340 e. The van der Waals surface area contributed by atoms with Crippen molar-refractivity contribution in [2.45, 2.75) is 18.8 Å². The van der Waals surface area contributed by atoms with Crippen molar-refractivity contribution >= 4 is 5.95 Å². The van der Waals surface area contributed by atoms with Gasteiger partial charge in [-0.1, -0.05) is 12.1 Å². The van der Waals surface area contributed by atoms with E-state index in [4.69, 9.17) is 0 Å². The standard InChI is InChI=1S/C18H18FN5/c19-15-6-4-13(5-7-15)16-11-22-23-17(16)14-3-1-10-24(12-14)18-20-8-2-9-21-18/h2,4-9,11,14H,1,3,10,12H2,(H,22,23). The topological polar surface area (TPSA) is 57.7 Å². The van der Waals surface area contributed by atoms with Crippen LogP contribution < -0.4 is 4.90 Å². The van der Waals surface area contributed by atoms with E-state index in [-0.39, 0.29) is 5.82 Å². The first-order valence-electron chi connectivity index (χ1n) is 8.12. The summed E-state index contributed by atoms with van der Waals surface area (Å²) in [5.74, 6) is 0.865. The van der Waals surface area contributed by atoms with Crippen LogP contribution in [0.25, 0.3) is 11.1 Å². The Labute approximate surface area is 139 Å². The van der Waals surface area contributed by atoms with Gasteiger partial charge in [-0.2, -0.15) is 5.10 Å². The van der Waals surface area contributed by atoms with Gasteiger partial charge in [0.05, 0.1) is 6.20 Å². The SMILES string of the molecule is Fc1ccc(-c2cn[nH]c2C2CCCN(c3ncccn3)C2)cc1. The highest BCUT2D eigenvalue weighted by atomic mass is 19.1. The summed E-state index contributed by atoms with van der Waals surface area (Å²) in [4.78, 5) is 10.9. The fraction of sp³-hybridized carbons (Fsp3) is 0.278. The van der Waals surface area contributed by atoms with Crippen LogP contribution in [0.4, 0.5) is 10.3 Å². The van der Waals surface area contributed by atoms with E-state index < -0.39 is 0 Å². The molecule has 5 nitrogen and oxygen atoms in total. The summed E-state index contributed by atoms with van der Waals surface area (Å²) in [6.07, 6.45) is 7.52. The zero-order valence-electron chi connectivity index (χ0n) is 13.2. The third kappa shape index (κ3) is 2.87. The van der Waals surface area contributed by atoms with Crippen LogP contribution >= 0.6 is 0 Å². The highest BCUT2D eigenvalue weighted by molar-refractivity contribution is 5.66. The summed E-state index contributed by atoms with van der Waals surface area (Å²) < 4.78 is 13.2. The second-order valence-electron chi connectivity index (χ2n) is 6.04. The number of hydrogen-bond acceptors (Lipinski definition) is 4. The van der Waals surface area contributed by atoms with E-state index in [9.17, 15) is 4.39 Å². The Kier molecular flexibility index (Phi) is 3.94. The van der Waals surface area contributed by atoms with Crippen molar-refractivity contribution in [2.75, 3.05) is 18.0 Å². The minimum atomic E-state index is -0.228. The Balaban J connectivity index is 1.60. The molecule has 1 aliphatic heterocycles. The first kappa shape index (κ1) is 14.8. The van der Waals surface area contributed by atoms with Gasteiger partial charge in [0, 0.05) is 42.7 Å². The lowest BCUT2D eigenvalue weighted by atomic mass is 9.91. The molecule has 2 aromatic heterocycles. The van der Waals surface area contributed by atoms with Crippen LogP contribution in [0, 0.1) is 5.82 Å². The number of nitrogens with one attached hydrogen (secondary N) is 1. The smallest absolute Gasteiger partial charge is 0.225 e. The maximum atomic E-state index is 13.2. The van der Waals surface area contributed by atoms with E-state index in [1.54, 1.807) is 24.5 Å². The van der Waals surface area contributed by atoms with Crippen molar-refractivity contribution in [1.82, 2.24) is 20.2 Å². The lowest BCUT2D eigenvalue weighted by Crippen LogP contribution is -2.35. The highest BCUT2D eigenvalue weighted by Gasteiger charge is 2.26. The van der Waals surface area contributed by atoms with Gasteiger partial charge in [-0.25, -0.2) is 14.4 Å². The Morgan fingerprint density at radius 3 is 2.71 bits per heavy atom. The van der Waals surface area contributed by atoms with Crippen LogP contribution in [0.2, 0.25) is 0 Å². The highest BCUT2D eigenvalue weighted by Crippen LogP contribution is 2.33. The van der Waals surface area contributed by atoms with Gasteiger partial charge in [-0.05, 0) is 36.6 Å². The molecule has 0 spiro atoms. The van der Waals surface area contributed by atoms with E-state index in [1.165, 1.54) is 12.1 Å². The molecule has 0 amide bonds. The molecule has 1 aliphatic rings. The van der Waals surface area contributed by atoms with E-state index in [1.807, 2.05) is 12.3 Å². The van der Waals surface area contributed by atoms with Crippen molar-refractivity contribution in [3.8, 4) is 11.1 Å². The summed E-state index contributed by atoms with van der Waals surface area (Å²) in [6.45, 7) is 1.81. The number of hydrogen-bond donors (Lipinski definition) is 1. The second kappa shape index (κ2) is 6.39. The Bertz CT molecular complexity index is 800. The maximum Gasteiger partial charge on any atom is 0.225 e. The van der Waals surface area contributed by atoms with E-state index in [2.05, 4.69) is 25.1 Å². The van der Waals surface area contributed by atoms with Crippen molar-refractivity contribution < 1.29 is 4.39 Å². The van der Waals surface area contributed by atoms with Crippen LogP contribution in [0.5, 0.6) is 0 Å². The Morgan fingerprint density at radius 2 is 1.92 bits per heavy atom. The van der Waals surface area contributed by atoms with E-state index in [0.29, 0.717) is 5.92 Å². The van der Waals surface area contributed by atoms with Gasteiger partial charge in [0.15, 0.2) is 0 Å². The Morgan fingerprint density at radius 1 is 1.12 bits per heavy atom. The van der Waals surface area contributed by atoms with Gasteiger partial charge in [0.2, 0.25) is 5.95 Å². The molecule has 4 rings (SSSR count). The molecule has 0 aliphatic carbocycles. The van der Waals surface area contributed by atoms with Crippen molar-refractivity contribution in [2.24, 2.45) is 0 Å². The molecule has 1 saturated heterocycles. The quantitative estimate of drug-likeness (QED) is 0.803. The van der Waals surface area contributed by atoms with Crippen LogP contribution in [0.15, 0.2) is 48.9 Å². The van der Waals surface area contributed by atoms with Crippen molar-refractivity contribution in [3.63, 3.8) is 0 Å². The fourth-order valence-electron chi connectivity index (χ4n) is 3.32. The first-order chi connectivity index (χ1) is 11.8. The number of halogens is 1. The van der Waals surface area contributed by atoms with Gasteiger partial charge >= 0.3 is 0 Å².